The van der Waals surface area contributed by atoms with Gasteiger partial charge in [0.05, 0.1) is 12.1 Å². The second kappa shape index (κ2) is 8.31. The molecule has 0 saturated carbocycles. The highest BCUT2D eigenvalue weighted by molar-refractivity contribution is 5.94. The molecule has 1 aromatic rings. The Morgan fingerprint density at radius 3 is 2.85 bits per heavy atom. The van der Waals surface area contributed by atoms with E-state index in [-0.39, 0.29) is 25.1 Å². The van der Waals surface area contributed by atoms with Crippen LogP contribution in [-0.4, -0.2) is 46.6 Å². The van der Waals surface area contributed by atoms with E-state index in [1.54, 1.807) is 17.2 Å². The van der Waals surface area contributed by atoms with Crippen molar-refractivity contribution in [1.82, 2.24) is 9.88 Å². The maximum Gasteiger partial charge on any atom is 0.255 e. The molecule has 0 atom stereocenters. The van der Waals surface area contributed by atoms with Gasteiger partial charge in [-0.05, 0) is 26.3 Å². The summed E-state index contributed by atoms with van der Waals surface area (Å²) in [5.41, 5.74) is 6.50. The summed E-state index contributed by atoms with van der Waals surface area (Å²) in [5.74, 6) is 5.50. The number of aliphatic hydroxyl groups is 1. The van der Waals surface area contributed by atoms with Gasteiger partial charge >= 0.3 is 0 Å². The molecule has 0 aromatic carbocycles. The van der Waals surface area contributed by atoms with Crippen molar-refractivity contribution >= 4 is 5.91 Å². The van der Waals surface area contributed by atoms with Gasteiger partial charge in [-0.15, -0.1) is 0 Å². The van der Waals surface area contributed by atoms with Crippen LogP contribution in [0.4, 0.5) is 0 Å². The molecule has 1 heterocycles. The van der Waals surface area contributed by atoms with Crippen molar-refractivity contribution in [3.8, 4) is 11.8 Å². The molecular weight excluding hydrogens is 254 g/mol. The van der Waals surface area contributed by atoms with Crippen LogP contribution in [-0.2, 0) is 0 Å². The highest BCUT2D eigenvalue weighted by atomic mass is 16.3. The molecule has 1 aromatic heterocycles. The van der Waals surface area contributed by atoms with Gasteiger partial charge in [0.2, 0.25) is 0 Å². The van der Waals surface area contributed by atoms with Gasteiger partial charge < -0.3 is 15.7 Å². The van der Waals surface area contributed by atoms with Gasteiger partial charge in [0.1, 0.15) is 0 Å². The molecule has 5 nitrogen and oxygen atoms in total. The number of rotatable bonds is 5. The highest BCUT2D eigenvalue weighted by Gasteiger charge is 2.18. The number of aliphatic hydroxyl groups excluding tert-OH is 1. The minimum atomic E-state index is -0.0997. The van der Waals surface area contributed by atoms with Crippen molar-refractivity contribution in [1.29, 1.82) is 0 Å². The van der Waals surface area contributed by atoms with Crippen molar-refractivity contribution in [2.24, 2.45) is 5.73 Å². The van der Waals surface area contributed by atoms with Gasteiger partial charge in [0.15, 0.2) is 0 Å². The quantitative estimate of drug-likeness (QED) is 0.772. The summed E-state index contributed by atoms with van der Waals surface area (Å²) in [6, 6.07) is 1.78. The van der Waals surface area contributed by atoms with Gasteiger partial charge in [-0.25, -0.2) is 0 Å². The van der Waals surface area contributed by atoms with Crippen LogP contribution < -0.4 is 5.73 Å². The third kappa shape index (κ3) is 4.65. The fraction of sp³-hybridized carbons (Fsp3) is 0.467. The van der Waals surface area contributed by atoms with Crippen LogP contribution in [0.3, 0.4) is 0 Å². The fourth-order valence-electron chi connectivity index (χ4n) is 1.78. The maximum absolute atomic E-state index is 12.4. The lowest BCUT2D eigenvalue weighted by atomic mass is 10.1. The van der Waals surface area contributed by atoms with E-state index in [1.807, 2.05) is 13.8 Å². The number of carbonyl (C=O) groups is 1. The van der Waals surface area contributed by atoms with E-state index < -0.39 is 0 Å². The van der Waals surface area contributed by atoms with Gasteiger partial charge in [0.25, 0.3) is 5.91 Å². The molecule has 108 valence electrons. The first-order valence-electron chi connectivity index (χ1n) is 6.66. The lowest BCUT2D eigenvalue weighted by Crippen LogP contribution is -2.38. The standard InChI is InChI=1S/C15H21N3O2/c1-12(2)18(7-4-8-19)15(20)14-9-13(5-3-6-16)10-17-11-14/h9-12,19H,4,6-8,16H2,1-2H3. The number of amides is 1. The second-order valence-corrected chi connectivity index (χ2v) is 4.64. The zero-order valence-corrected chi connectivity index (χ0v) is 12.0. The average Bonchev–Trinajstić information content (AvgIpc) is 2.45. The van der Waals surface area contributed by atoms with E-state index in [9.17, 15) is 4.79 Å². The Labute approximate surface area is 119 Å². The van der Waals surface area contributed by atoms with Crippen molar-refractivity contribution in [2.75, 3.05) is 19.7 Å². The second-order valence-electron chi connectivity index (χ2n) is 4.64. The number of hydrogen-bond acceptors (Lipinski definition) is 4. The highest BCUT2D eigenvalue weighted by Crippen LogP contribution is 2.10. The summed E-state index contributed by atoms with van der Waals surface area (Å²) in [6.07, 6.45) is 3.70. The van der Waals surface area contributed by atoms with Crippen LogP contribution in [0.1, 0.15) is 36.2 Å². The number of carbonyl (C=O) groups excluding carboxylic acids is 1. The molecule has 1 rings (SSSR count). The molecule has 3 N–H and O–H groups in total. The smallest absolute Gasteiger partial charge is 0.255 e. The molecule has 5 heteroatoms. The van der Waals surface area contributed by atoms with E-state index in [4.69, 9.17) is 10.8 Å². The van der Waals surface area contributed by atoms with E-state index in [2.05, 4.69) is 16.8 Å². The molecule has 0 fully saturated rings. The van der Waals surface area contributed by atoms with E-state index in [0.29, 0.717) is 24.1 Å². The van der Waals surface area contributed by atoms with Gasteiger partial charge in [-0.2, -0.15) is 0 Å². The number of nitrogens with two attached hydrogens (primary N) is 1. The molecular formula is C15H21N3O2. The van der Waals surface area contributed by atoms with E-state index >= 15 is 0 Å². The van der Waals surface area contributed by atoms with E-state index in [0.717, 1.165) is 0 Å². The predicted octanol–water partition coefficient (Wildman–Crippen LogP) is 0.625. The maximum atomic E-state index is 12.4. The molecule has 20 heavy (non-hydrogen) atoms. The Morgan fingerprint density at radius 1 is 1.50 bits per heavy atom. The molecule has 0 bridgehead atoms. The Kier molecular flexibility index (Phi) is 6.71. The first-order valence-corrected chi connectivity index (χ1v) is 6.66. The van der Waals surface area contributed by atoms with Gasteiger partial charge in [0, 0.05) is 37.2 Å². The largest absolute Gasteiger partial charge is 0.396 e. The summed E-state index contributed by atoms with van der Waals surface area (Å²) in [7, 11) is 0. The summed E-state index contributed by atoms with van der Waals surface area (Å²) in [4.78, 5) is 18.2. The number of pyridine rings is 1. The average molecular weight is 275 g/mol. The van der Waals surface area contributed by atoms with Crippen molar-refractivity contribution in [3.63, 3.8) is 0 Å². The normalized spacial score (nSPS) is 10.1. The molecule has 0 aliphatic carbocycles. The Balaban J connectivity index is 2.93. The lowest BCUT2D eigenvalue weighted by molar-refractivity contribution is 0.0692. The SMILES string of the molecule is CC(C)N(CCCO)C(=O)c1cncc(C#CCN)c1. The Hall–Kier alpha value is -1.90. The number of nitrogens with zero attached hydrogens (tertiary/aromatic N) is 2. The molecule has 0 radical (unpaired) electrons. The summed E-state index contributed by atoms with van der Waals surface area (Å²) < 4.78 is 0. The van der Waals surface area contributed by atoms with Crippen molar-refractivity contribution in [2.45, 2.75) is 26.3 Å². The summed E-state index contributed by atoms with van der Waals surface area (Å²) in [6.45, 7) is 4.75. The van der Waals surface area contributed by atoms with Crippen LogP contribution >= 0.6 is 0 Å². The molecule has 0 saturated heterocycles. The third-order valence-corrected chi connectivity index (χ3v) is 2.76. The molecule has 0 aliphatic heterocycles. The van der Waals surface area contributed by atoms with Crippen LogP contribution in [0.25, 0.3) is 0 Å². The number of aromatic nitrogens is 1. The van der Waals surface area contributed by atoms with Gasteiger partial charge in [-0.3, -0.25) is 9.78 Å². The van der Waals surface area contributed by atoms with Crippen molar-refractivity contribution in [3.05, 3.63) is 29.6 Å². The van der Waals surface area contributed by atoms with Crippen LogP contribution in [0.2, 0.25) is 0 Å². The first kappa shape index (κ1) is 16.2. The Morgan fingerprint density at radius 2 is 2.25 bits per heavy atom. The minimum Gasteiger partial charge on any atom is -0.396 e. The van der Waals surface area contributed by atoms with Crippen LogP contribution in [0.15, 0.2) is 18.5 Å². The molecule has 0 unspecified atom stereocenters. The molecule has 0 aliphatic rings. The van der Waals surface area contributed by atoms with Gasteiger partial charge in [-0.1, -0.05) is 11.8 Å². The zero-order chi connectivity index (χ0) is 15.0. The number of hydrogen-bond donors (Lipinski definition) is 2. The molecule has 0 spiro atoms. The summed E-state index contributed by atoms with van der Waals surface area (Å²) >= 11 is 0. The van der Waals surface area contributed by atoms with Crippen LogP contribution in [0.5, 0.6) is 0 Å². The topological polar surface area (TPSA) is 79.5 Å². The molecule has 1 amide bonds. The predicted molar refractivity (Wildman–Crippen MR) is 78.0 cm³/mol. The Bertz CT molecular complexity index is 503. The minimum absolute atomic E-state index is 0.0628. The monoisotopic (exact) mass is 275 g/mol. The lowest BCUT2D eigenvalue weighted by Gasteiger charge is -2.26. The summed E-state index contributed by atoms with van der Waals surface area (Å²) in [5, 5.41) is 8.91. The third-order valence-electron chi connectivity index (χ3n) is 2.76. The first-order chi connectivity index (χ1) is 9.60. The zero-order valence-electron chi connectivity index (χ0n) is 12.0. The fourth-order valence-corrected chi connectivity index (χ4v) is 1.78. The van der Waals surface area contributed by atoms with Crippen LogP contribution in [0, 0.1) is 11.8 Å². The van der Waals surface area contributed by atoms with E-state index in [1.165, 1.54) is 6.20 Å². The van der Waals surface area contributed by atoms with Crippen molar-refractivity contribution < 1.29 is 9.90 Å².